The van der Waals surface area contributed by atoms with Crippen molar-refractivity contribution in [3.05, 3.63) is 47.7 Å². The molecule has 1 aromatic heterocycles. The average molecular weight is 270 g/mol. The van der Waals surface area contributed by atoms with Crippen LogP contribution in [0.1, 0.15) is 15.9 Å². The van der Waals surface area contributed by atoms with E-state index in [9.17, 15) is 4.79 Å². The van der Waals surface area contributed by atoms with Gasteiger partial charge in [0.1, 0.15) is 17.1 Å². The quantitative estimate of drug-likeness (QED) is 0.917. The molecule has 0 aliphatic carbocycles. The molecule has 6 heteroatoms. The highest BCUT2D eigenvalue weighted by atomic mass is 16.5. The fraction of sp³-hybridized carbons (Fsp3) is 0.0714. The minimum absolute atomic E-state index is 0.0186. The van der Waals surface area contributed by atoms with Gasteiger partial charge in [-0.05, 0) is 18.2 Å². The van der Waals surface area contributed by atoms with Crippen LogP contribution < -0.4 is 9.47 Å². The van der Waals surface area contributed by atoms with Gasteiger partial charge in [-0.1, -0.05) is 0 Å². The summed E-state index contributed by atoms with van der Waals surface area (Å²) in [6, 6.07) is 9.25. The molecule has 0 radical (unpaired) electrons. The van der Waals surface area contributed by atoms with Crippen LogP contribution in [-0.2, 0) is 0 Å². The first-order valence-electron chi connectivity index (χ1n) is 5.59. The number of aromatic nitrogens is 1. The van der Waals surface area contributed by atoms with Crippen LogP contribution in [0.4, 0.5) is 0 Å². The predicted molar refractivity (Wildman–Crippen MR) is 69.0 cm³/mol. The minimum Gasteiger partial charge on any atom is -0.497 e. The Morgan fingerprint density at radius 2 is 2.15 bits per heavy atom. The molecule has 0 bridgehead atoms. The predicted octanol–water partition coefficient (Wildman–Crippen LogP) is 2.45. The second-order valence-corrected chi connectivity index (χ2v) is 3.76. The molecule has 6 nitrogen and oxygen atoms in total. The van der Waals surface area contributed by atoms with Crippen LogP contribution in [0.25, 0.3) is 0 Å². The molecule has 0 saturated carbocycles. The van der Waals surface area contributed by atoms with E-state index in [1.165, 1.54) is 43.6 Å². The monoisotopic (exact) mass is 270 g/mol. The second kappa shape index (κ2) is 5.71. The lowest BCUT2D eigenvalue weighted by Gasteiger charge is -2.09. The van der Waals surface area contributed by atoms with Crippen molar-refractivity contribution < 1.29 is 19.4 Å². The first-order valence-corrected chi connectivity index (χ1v) is 5.59. The summed E-state index contributed by atoms with van der Waals surface area (Å²) in [6.07, 6.45) is 1.41. The van der Waals surface area contributed by atoms with Gasteiger partial charge >= 0.3 is 5.97 Å². The summed E-state index contributed by atoms with van der Waals surface area (Å²) < 4.78 is 10.5. The number of rotatable bonds is 4. The van der Waals surface area contributed by atoms with E-state index in [0.717, 1.165) is 0 Å². The number of carboxylic acids is 1. The van der Waals surface area contributed by atoms with Gasteiger partial charge in [0.05, 0.1) is 18.7 Å². The molecule has 0 fully saturated rings. The van der Waals surface area contributed by atoms with Crippen molar-refractivity contribution in [2.24, 2.45) is 0 Å². The Kier molecular flexibility index (Phi) is 3.82. The number of ether oxygens (including phenoxy) is 2. The Morgan fingerprint density at radius 3 is 2.80 bits per heavy atom. The number of hydrogen-bond donors (Lipinski definition) is 1. The van der Waals surface area contributed by atoms with Crippen molar-refractivity contribution >= 4 is 5.97 Å². The summed E-state index contributed by atoms with van der Waals surface area (Å²) in [6.45, 7) is 0. The molecule has 1 N–H and O–H groups in total. The number of methoxy groups -OCH3 is 1. The van der Waals surface area contributed by atoms with Crippen molar-refractivity contribution in [3.63, 3.8) is 0 Å². The third kappa shape index (κ3) is 2.84. The normalized spacial score (nSPS) is 9.60. The molecule has 0 atom stereocenters. The van der Waals surface area contributed by atoms with Gasteiger partial charge in [-0.15, -0.1) is 0 Å². The van der Waals surface area contributed by atoms with Gasteiger partial charge in [0.2, 0.25) is 5.88 Å². The summed E-state index contributed by atoms with van der Waals surface area (Å²) >= 11 is 0. The molecule has 0 saturated heterocycles. The van der Waals surface area contributed by atoms with Crippen LogP contribution in [0.3, 0.4) is 0 Å². The van der Waals surface area contributed by atoms with Gasteiger partial charge < -0.3 is 14.6 Å². The van der Waals surface area contributed by atoms with Gasteiger partial charge in [-0.2, -0.15) is 5.26 Å². The molecular formula is C14H10N2O4. The number of aromatic carboxylic acids is 1. The highest BCUT2D eigenvalue weighted by Gasteiger charge is 2.14. The lowest BCUT2D eigenvalue weighted by Crippen LogP contribution is -2.01. The largest absolute Gasteiger partial charge is 0.497 e. The maximum Gasteiger partial charge on any atom is 0.339 e. The average Bonchev–Trinajstić information content (AvgIpc) is 2.47. The van der Waals surface area contributed by atoms with E-state index in [1.807, 2.05) is 6.07 Å². The SMILES string of the molecule is COc1ccc(C(=O)O)c(Oc2cc(C#N)ccn2)c1. The van der Waals surface area contributed by atoms with Crippen LogP contribution in [-0.4, -0.2) is 23.2 Å². The molecule has 0 amide bonds. The first kappa shape index (κ1) is 13.4. The van der Waals surface area contributed by atoms with E-state index in [4.69, 9.17) is 19.8 Å². The van der Waals surface area contributed by atoms with Crippen molar-refractivity contribution in [2.45, 2.75) is 0 Å². The van der Waals surface area contributed by atoms with E-state index >= 15 is 0 Å². The van der Waals surface area contributed by atoms with E-state index in [2.05, 4.69) is 4.98 Å². The fourth-order valence-corrected chi connectivity index (χ4v) is 1.54. The topological polar surface area (TPSA) is 92.4 Å². The number of benzene rings is 1. The second-order valence-electron chi connectivity index (χ2n) is 3.76. The first-order chi connectivity index (χ1) is 9.63. The van der Waals surface area contributed by atoms with Crippen molar-refractivity contribution in [1.29, 1.82) is 5.26 Å². The maximum absolute atomic E-state index is 11.1. The Hall–Kier alpha value is -3.07. The van der Waals surface area contributed by atoms with Crippen LogP contribution >= 0.6 is 0 Å². The third-order valence-electron chi connectivity index (χ3n) is 2.50. The molecular weight excluding hydrogens is 260 g/mol. The van der Waals surface area contributed by atoms with Crippen molar-refractivity contribution in [1.82, 2.24) is 4.98 Å². The molecule has 0 aliphatic heterocycles. The maximum atomic E-state index is 11.1. The zero-order valence-electron chi connectivity index (χ0n) is 10.5. The summed E-state index contributed by atoms with van der Waals surface area (Å²) in [7, 11) is 1.47. The van der Waals surface area contributed by atoms with Crippen LogP contribution in [0.15, 0.2) is 36.5 Å². The zero-order chi connectivity index (χ0) is 14.5. The molecule has 100 valence electrons. The number of nitriles is 1. The van der Waals surface area contributed by atoms with Crippen LogP contribution in [0.2, 0.25) is 0 Å². The summed E-state index contributed by atoms with van der Waals surface area (Å²) in [5, 5.41) is 17.9. The van der Waals surface area contributed by atoms with Crippen LogP contribution in [0, 0.1) is 11.3 Å². The van der Waals surface area contributed by atoms with E-state index < -0.39 is 5.97 Å². The molecule has 1 heterocycles. The van der Waals surface area contributed by atoms with Crippen molar-refractivity contribution in [3.8, 4) is 23.4 Å². The molecule has 0 aliphatic rings. The van der Waals surface area contributed by atoms with E-state index in [1.54, 1.807) is 0 Å². The Morgan fingerprint density at radius 1 is 1.35 bits per heavy atom. The van der Waals surface area contributed by atoms with Crippen molar-refractivity contribution in [2.75, 3.05) is 7.11 Å². The summed E-state index contributed by atoms with van der Waals surface area (Å²) in [4.78, 5) is 15.1. The van der Waals surface area contributed by atoms with Gasteiger partial charge in [-0.25, -0.2) is 9.78 Å². The summed E-state index contributed by atoms with van der Waals surface area (Å²) in [5.74, 6) is -0.431. The smallest absolute Gasteiger partial charge is 0.339 e. The van der Waals surface area contributed by atoms with E-state index in [-0.39, 0.29) is 17.2 Å². The Labute approximate surface area is 114 Å². The standard InChI is InChI=1S/C14H10N2O4/c1-19-10-2-3-11(14(17)18)12(7-10)20-13-6-9(8-15)4-5-16-13/h2-7H,1H3,(H,17,18). The molecule has 2 aromatic rings. The zero-order valence-corrected chi connectivity index (χ0v) is 10.5. The van der Waals surface area contributed by atoms with E-state index in [0.29, 0.717) is 11.3 Å². The molecule has 2 rings (SSSR count). The van der Waals surface area contributed by atoms with Gasteiger partial charge in [0.25, 0.3) is 0 Å². The Bertz CT molecular complexity index is 692. The highest BCUT2D eigenvalue weighted by molar-refractivity contribution is 5.91. The van der Waals surface area contributed by atoms with Gasteiger partial charge in [-0.3, -0.25) is 0 Å². The summed E-state index contributed by atoms with van der Waals surface area (Å²) in [5.41, 5.74) is 0.352. The number of nitrogens with zero attached hydrogens (tertiary/aromatic N) is 2. The number of hydrogen-bond acceptors (Lipinski definition) is 5. The molecule has 20 heavy (non-hydrogen) atoms. The highest BCUT2D eigenvalue weighted by Crippen LogP contribution is 2.28. The molecule has 1 aromatic carbocycles. The number of carboxylic acid groups (broad SMARTS) is 1. The lowest BCUT2D eigenvalue weighted by atomic mass is 10.2. The fourth-order valence-electron chi connectivity index (χ4n) is 1.54. The van der Waals surface area contributed by atoms with Crippen LogP contribution in [0.5, 0.6) is 17.4 Å². The molecule has 0 spiro atoms. The third-order valence-corrected chi connectivity index (χ3v) is 2.50. The number of pyridine rings is 1. The molecule has 0 unspecified atom stereocenters. The number of carbonyl (C=O) groups is 1. The van der Waals surface area contributed by atoms with Gasteiger partial charge in [0, 0.05) is 18.3 Å². The van der Waals surface area contributed by atoms with Gasteiger partial charge in [0.15, 0.2) is 0 Å². The lowest BCUT2D eigenvalue weighted by molar-refractivity contribution is 0.0694. The Balaban J connectivity index is 2.40. The minimum atomic E-state index is -1.13.